The van der Waals surface area contributed by atoms with Crippen molar-refractivity contribution in [1.29, 1.82) is 5.41 Å². The van der Waals surface area contributed by atoms with Crippen molar-refractivity contribution in [2.75, 3.05) is 13.1 Å². The number of aromatic amines is 1. The molecule has 2 aromatic heterocycles. The maximum atomic E-state index is 11.8. The van der Waals surface area contributed by atoms with Gasteiger partial charge in [-0.25, -0.2) is 9.97 Å². The minimum atomic E-state index is -0.117. The van der Waals surface area contributed by atoms with Crippen molar-refractivity contribution >= 4 is 22.8 Å². The molecular weight excluding hydrogens is 320 g/mol. The number of H-pyrrole nitrogens is 1. The molecule has 0 saturated heterocycles. The molecule has 2 heterocycles. The van der Waals surface area contributed by atoms with Crippen molar-refractivity contribution in [3.8, 4) is 11.5 Å². The van der Waals surface area contributed by atoms with Crippen LogP contribution in [0.5, 0.6) is 0 Å². The Hall–Kier alpha value is -3.20. The maximum absolute atomic E-state index is 11.8. The number of rotatable bonds is 6. The van der Waals surface area contributed by atoms with E-state index in [9.17, 15) is 4.79 Å². The molecule has 0 bridgehead atoms. The SMILES string of the molecule is Cc1c(-c2nc3ccc(C(=N)N)cc3[nH]2)ncn1CC(=O)NCCN. The molecule has 0 fully saturated rings. The van der Waals surface area contributed by atoms with Gasteiger partial charge in [-0.05, 0) is 25.1 Å². The molecule has 1 amide bonds. The normalized spacial score (nSPS) is 11.0. The number of hydrogen-bond acceptors (Lipinski definition) is 5. The molecule has 0 aliphatic carbocycles. The molecule has 0 spiro atoms. The Bertz CT molecular complexity index is 939. The smallest absolute Gasteiger partial charge is 0.240 e. The molecule has 0 radical (unpaired) electrons. The lowest BCUT2D eigenvalue weighted by Gasteiger charge is -2.06. The predicted molar refractivity (Wildman–Crippen MR) is 95.1 cm³/mol. The topological polar surface area (TPSA) is 151 Å². The monoisotopic (exact) mass is 340 g/mol. The largest absolute Gasteiger partial charge is 0.384 e. The highest BCUT2D eigenvalue weighted by atomic mass is 16.1. The minimum absolute atomic E-state index is 0.00185. The number of nitrogen functional groups attached to an aromatic ring is 1. The highest BCUT2D eigenvalue weighted by molar-refractivity contribution is 5.98. The Balaban J connectivity index is 1.88. The van der Waals surface area contributed by atoms with E-state index in [-0.39, 0.29) is 18.3 Å². The Labute approximate surface area is 144 Å². The first-order chi connectivity index (χ1) is 12.0. The van der Waals surface area contributed by atoms with Gasteiger partial charge in [0.2, 0.25) is 5.91 Å². The zero-order valence-electron chi connectivity index (χ0n) is 13.8. The van der Waals surface area contributed by atoms with Gasteiger partial charge in [-0.15, -0.1) is 0 Å². The molecule has 0 unspecified atom stereocenters. The molecule has 0 aliphatic rings. The number of nitrogens with one attached hydrogen (secondary N) is 3. The van der Waals surface area contributed by atoms with E-state index in [0.29, 0.717) is 30.2 Å². The van der Waals surface area contributed by atoms with Crippen LogP contribution in [-0.4, -0.2) is 44.4 Å². The summed E-state index contributed by atoms with van der Waals surface area (Å²) in [7, 11) is 0. The second-order valence-electron chi connectivity index (χ2n) is 5.68. The number of nitrogens with two attached hydrogens (primary N) is 2. The summed E-state index contributed by atoms with van der Waals surface area (Å²) in [5.74, 6) is 0.490. The fraction of sp³-hybridized carbons (Fsp3) is 0.250. The fourth-order valence-electron chi connectivity index (χ4n) is 2.55. The predicted octanol–water partition coefficient (Wildman–Crippen LogP) is 0.0938. The molecule has 0 atom stereocenters. The molecule has 3 rings (SSSR count). The standard InChI is InChI=1S/C16H20N8O/c1-9-14(21-8-24(9)7-13(25)20-5-4-17)16-22-11-3-2-10(15(18)19)6-12(11)23-16/h2-3,6,8H,4-5,7,17H2,1H3,(H3,18,19)(H,20,25)(H,22,23). The molecule has 0 aliphatic heterocycles. The van der Waals surface area contributed by atoms with Crippen molar-refractivity contribution < 1.29 is 4.79 Å². The van der Waals surface area contributed by atoms with E-state index in [1.807, 2.05) is 6.92 Å². The van der Waals surface area contributed by atoms with Crippen LogP contribution in [0.4, 0.5) is 0 Å². The van der Waals surface area contributed by atoms with Gasteiger partial charge in [0, 0.05) is 24.3 Å². The first-order valence-corrected chi connectivity index (χ1v) is 7.82. The van der Waals surface area contributed by atoms with Gasteiger partial charge >= 0.3 is 0 Å². The summed E-state index contributed by atoms with van der Waals surface area (Å²) in [5.41, 5.74) is 14.6. The van der Waals surface area contributed by atoms with Crippen molar-refractivity contribution in [3.63, 3.8) is 0 Å². The van der Waals surface area contributed by atoms with Gasteiger partial charge in [0.15, 0.2) is 5.82 Å². The summed E-state index contributed by atoms with van der Waals surface area (Å²) in [6, 6.07) is 5.34. The number of imidazole rings is 2. The molecular formula is C16H20N8O. The Morgan fingerprint density at radius 3 is 2.96 bits per heavy atom. The third-order valence-electron chi connectivity index (χ3n) is 3.90. The highest BCUT2D eigenvalue weighted by Crippen LogP contribution is 2.23. The Morgan fingerprint density at radius 1 is 1.44 bits per heavy atom. The first-order valence-electron chi connectivity index (χ1n) is 7.82. The fourth-order valence-corrected chi connectivity index (χ4v) is 2.55. The van der Waals surface area contributed by atoms with Crippen LogP contribution in [0.15, 0.2) is 24.5 Å². The van der Waals surface area contributed by atoms with Gasteiger partial charge in [0.1, 0.15) is 18.1 Å². The van der Waals surface area contributed by atoms with Gasteiger partial charge in [-0.3, -0.25) is 10.2 Å². The number of carbonyl (C=O) groups excluding carboxylic acids is 1. The Kier molecular flexibility index (Phi) is 4.48. The summed E-state index contributed by atoms with van der Waals surface area (Å²) >= 11 is 0. The third kappa shape index (κ3) is 3.36. The summed E-state index contributed by atoms with van der Waals surface area (Å²) in [4.78, 5) is 23.9. The van der Waals surface area contributed by atoms with Gasteiger partial charge in [0.25, 0.3) is 0 Å². The number of carbonyl (C=O) groups is 1. The average molecular weight is 340 g/mol. The van der Waals surface area contributed by atoms with Crippen LogP contribution in [-0.2, 0) is 11.3 Å². The molecule has 9 heteroatoms. The van der Waals surface area contributed by atoms with E-state index in [4.69, 9.17) is 16.9 Å². The lowest BCUT2D eigenvalue weighted by Crippen LogP contribution is -2.31. The van der Waals surface area contributed by atoms with E-state index >= 15 is 0 Å². The number of aromatic nitrogens is 4. The lowest BCUT2D eigenvalue weighted by atomic mass is 10.2. The minimum Gasteiger partial charge on any atom is -0.384 e. The first kappa shape index (κ1) is 16.7. The number of nitrogens with zero attached hydrogens (tertiary/aromatic N) is 3. The average Bonchev–Trinajstić information content (AvgIpc) is 3.16. The maximum Gasteiger partial charge on any atom is 0.240 e. The van der Waals surface area contributed by atoms with E-state index in [2.05, 4.69) is 20.3 Å². The lowest BCUT2D eigenvalue weighted by molar-refractivity contribution is -0.121. The molecule has 1 aromatic carbocycles. The van der Waals surface area contributed by atoms with E-state index in [1.54, 1.807) is 29.1 Å². The van der Waals surface area contributed by atoms with E-state index < -0.39 is 0 Å². The van der Waals surface area contributed by atoms with Crippen LogP contribution in [0.3, 0.4) is 0 Å². The molecule has 7 N–H and O–H groups in total. The van der Waals surface area contributed by atoms with Gasteiger partial charge in [0.05, 0.1) is 17.4 Å². The number of amides is 1. The third-order valence-corrected chi connectivity index (χ3v) is 3.90. The molecule has 3 aromatic rings. The highest BCUT2D eigenvalue weighted by Gasteiger charge is 2.15. The van der Waals surface area contributed by atoms with E-state index in [0.717, 1.165) is 16.7 Å². The Morgan fingerprint density at radius 2 is 2.24 bits per heavy atom. The van der Waals surface area contributed by atoms with E-state index in [1.165, 1.54) is 0 Å². The molecule has 130 valence electrons. The zero-order chi connectivity index (χ0) is 18.0. The van der Waals surface area contributed by atoms with Gasteiger partial charge in [-0.2, -0.15) is 0 Å². The van der Waals surface area contributed by atoms with Crippen LogP contribution in [0.2, 0.25) is 0 Å². The molecule has 0 saturated carbocycles. The second-order valence-corrected chi connectivity index (χ2v) is 5.68. The van der Waals surface area contributed by atoms with Crippen LogP contribution >= 0.6 is 0 Å². The van der Waals surface area contributed by atoms with Crippen LogP contribution < -0.4 is 16.8 Å². The summed E-state index contributed by atoms with van der Waals surface area (Å²) < 4.78 is 1.76. The summed E-state index contributed by atoms with van der Waals surface area (Å²) in [5, 5.41) is 10.2. The number of amidine groups is 1. The molecule has 9 nitrogen and oxygen atoms in total. The van der Waals surface area contributed by atoms with Crippen LogP contribution in [0.1, 0.15) is 11.3 Å². The summed E-state index contributed by atoms with van der Waals surface area (Å²) in [6.45, 7) is 2.91. The van der Waals surface area contributed by atoms with Crippen LogP contribution in [0, 0.1) is 12.3 Å². The second kappa shape index (κ2) is 6.73. The van der Waals surface area contributed by atoms with Gasteiger partial charge < -0.3 is 26.3 Å². The van der Waals surface area contributed by atoms with Crippen molar-refractivity contribution in [1.82, 2.24) is 24.8 Å². The number of benzene rings is 1. The molecule has 25 heavy (non-hydrogen) atoms. The van der Waals surface area contributed by atoms with Crippen molar-refractivity contribution in [3.05, 3.63) is 35.8 Å². The zero-order valence-corrected chi connectivity index (χ0v) is 13.8. The van der Waals surface area contributed by atoms with Crippen molar-refractivity contribution in [2.45, 2.75) is 13.5 Å². The van der Waals surface area contributed by atoms with Gasteiger partial charge in [-0.1, -0.05) is 0 Å². The number of fused-ring (bicyclic) bond motifs is 1. The quantitative estimate of drug-likeness (QED) is 0.318. The summed E-state index contributed by atoms with van der Waals surface area (Å²) in [6.07, 6.45) is 1.61. The number of hydrogen-bond donors (Lipinski definition) is 5. The van der Waals surface area contributed by atoms with Crippen molar-refractivity contribution in [2.24, 2.45) is 11.5 Å². The van der Waals surface area contributed by atoms with Crippen LogP contribution in [0.25, 0.3) is 22.6 Å².